The van der Waals surface area contributed by atoms with Gasteiger partial charge in [0.1, 0.15) is 0 Å². The van der Waals surface area contributed by atoms with Crippen molar-refractivity contribution in [2.75, 3.05) is 11.1 Å². The van der Waals surface area contributed by atoms with Crippen molar-refractivity contribution in [1.29, 1.82) is 0 Å². The molecule has 1 aromatic rings. The molecule has 2 aliphatic rings. The zero-order chi connectivity index (χ0) is 22.2. The third kappa shape index (κ3) is 7.14. The fraction of sp³-hybridized carbons (Fsp3) is 0.308. The number of thioether (sulfide) groups is 1. The Hall–Kier alpha value is -2.79. The Labute approximate surface area is 190 Å². The van der Waals surface area contributed by atoms with Gasteiger partial charge >= 0.3 is 0 Å². The molecule has 1 saturated carbocycles. The number of nitrogens with zero attached hydrogens (tertiary/aromatic N) is 1. The van der Waals surface area contributed by atoms with Crippen molar-refractivity contribution in [3.63, 3.8) is 0 Å². The van der Waals surface area contributed by atoms with E-state index in [-0.39, 0.29) is 11.9 Å². The van der Waals surface area contributed by atoms with E-state index in [9.17, 15) is 4.79 Å². The van der Waals surface area contributed by atoms with Gasteiger partial charge < -0.3 is 10.6 Å². The minimum absolute atomic E-state index is 0.0893. The number of rotatable bonds is 9. The molecular formula is C26H31N3OS. The number of amides is 1. The molecule has 0 saturated heterocycles. The van der Waals surface area contributed by atoms with Crippen molar-refractivity contribution in [2.45, 2.75) is 39.7 Å². The van der Waals surface area contributed by atoms with Gasteiger partial charge in [-0.25, -0.2) is 0 Å². The number of carbonyl (C=O) groups excluding carboxylic acids is 1. The van der Waals surface area contributed by atoms with Gasteiger partial charge in [-0.15, -0.1) is 11.8 Å². The summed E-state index contributed by atoms with van der Waals surface area (Å²) in [6.45, 7) is 10.1. The van der Waals surface area contributed by atoms with Gasteiger partial charge in [-0.1, -0.05) is 36.4 Å². The third-order valence-corrected chi connectivity index (χ3v) is 6.29. The lowest BCUT2D eigenvalue weighted by Crippen LogP contribution is -2.15. The molecule has 0 bridgehead atoms. The van der Waals surface area contributed by atoms with Crippen LogP contribution in [-0.4, -0.2) is 17.4 Å². The van der Waals surface area contributed by atoms with E-state index in [1.165, 1.54) is 17.7 Å². The Bertz CT molecular complexity index is 980. The van der Waals surface area contributed by atoms with Crippen LogP contribution >= 0.6 is 11.8 Å². The number of aliphatic imine (C=N–C) groups is 1. The molecule has 162 valence electrons. The van der Waals surface area contributed by atoms with E-state index >= 15 is 0 Å². The van der Waals surface area contributed by atoms with E-state index in [0.29, 0.717) is 11.5 Å². The monoisotopic (exact) mass is 433 g/mol. The predicted octanol–water partition coefficient (Wildman–Crippen LogP) is 6.31. The summed E-state index contributed by atoms with van der Waals surface area (Å²) in [4.78, 5) is 18.4. The van der Waals surface area contributed by atoms with Crippen molar-refractivity contribution >= 4 is 29.1 Å². The molecular weight excluding hydrogens is 402 g/mol. The maximum atomic E-state index is 12.7. The number of nitrogens with one attached hydrogen (secondary N) is 2. The molecule has 31 heavy (non-hydrogen) atoms. The van der Waals surface area contributed by atoms with Gasteiger partial charge in [-0.2, -0.15) is 0 Å². The van der Waals surface area contributed by atoms with Gasteiger partial charge in [0.15, 0.2) is 0 Å². The molecule has 1 heterocycles. The van der Waals surface area contributed by atoms with Crippen LogP contribution in [0.1, 0.15) is 45.2 Å². The predicted molar refractivity (Wildman–Crippen MR) is 134 cm³/mol. The summed E-state index contributed by atoms with van der Waals surface area (Å²) in [5, 5.41) is 6.34. The van der Waals surface area contributed by atoms with Crippen molar-refractivity contribution < 1.29 is 4.79 Å². The number of benzene rings is 1. The summed E-state index contributed by atoms with van der Waals surface area (Å²) in [6.07, 6.45) is 13.8. The van der Waals surface area contributed by atoms with Gasteiger partial charge in [0.05, 0.1) is 5.71 Å². The van der Waals surface area contributed by atoms with Crippen LogP contribution < -0.4 is 10.6 Å². The quantitative estimate of drug-likeness (QED) is 0.354. The number of hydrogen-bond acceptors (Lipinski definition) is 4. The first-order valence-electron chi connectivity index (χ1n) is 10.7. The van der Waals surface area contributed by atoms with E-state index in [4.69, 9.17) is 0 Å². The molecule has 2 N–H and O–H groups in total. The second-order valence-electron chi connectivity index (χ2n) is 7.87. The normalized spacial score (nSPS) is 19.1. The number of anilines is 1. The lowest BCUT2D eigenvalue weighted by molar-refractivity contribution is -0.112. The largest absolute Gasteiger partial charge is 0.383 e. The average molecular weight is 434 g/mol. The second kappa shape index (κ2) is 11.0. The highest BCUT2D eigenvalue weighted by Crippen LogP contribution is 2.36. The lowest BCUT2D eigenvalue weighted by Gasteiger charge is -2.14. The molecule has 1 unspecified atom stereocenters. The number of hydrogen-bond donors (Lipinski definition) is 2. The van der Waals surface area contributed by atoms with E-state index < -0.39 is 0 Å². The van der Waals surface area contributed by atoms with Crippen LogP contribution in [0.5, 0.6) is 0 Å². The summed E-state index contributed by atoms with van der Waals surface area (Å²) >= 11 is 1.81. The molecule has 0 aromatic heterocycles. The Morgan fingerprint density at radius 1 is 1.32 bits per heavy atom. The second-order valence-corrected chi connectivity index (χ2v) is 9.10. The molecule has 0 spiro atoms. The van der Waals surface area contributed by atoms with Crippen LogP contribution in [0.25, 0.3) is 0 Å². The third-order valence-electron chi connectivity index (χ3n) is 5.28. The summed E-state index contributed by atoms with van der Waals surface area (Å²) in [5.41, 5.74) is 4.69. The Morgan fingerprint density at radius 3 is 2.81 bits per heavy atom. The van der Waals surface area contributed by atoms with E-state index in [1.807, 2.05) is 67.4 Å². The van der Waals surface area contributed by atoms with E-state index in [2.05, 4.69) is 42.1 Å². The first kappa shape index (κ1) is 22.9. The van der Waals surface area contributed by atoms with Crippen LogP contribution in [0.3, 0.4) is 0 Å². The zero-order valence-corrected chi connectivity index (χ0v) is 19.3. The summed E-state index contributed by atoms with van der Waals surface area (Å²) in [5.74, 6) is 1.42. The summed E-state index contributed by atoms with van der Waals surface area (Å²) in [6, 6.07) is 7.99. The highest BCUT2D eigenvalue weighted by Gasteiger charge is 2.22. The molecule has 1 aliphatic heterocycles. The molecule has 1 amide bonds. The average Bonchev–Trinajstić information content (AvgIpc) is 3.53. The topological polar surface area (TPSA) is 53.5 Å². The Morgan fingerprint density at radius 2 is 2.13 bits per heavy atom. The standard InChI is InChI=1S/C26H31N3OS/c1-5-21(10-9-18(2)22-11-12-22)26(30)29-24-8-6-7-23(16-24)20(4)27-13-14-28-25-15-19(3)31-17-25/h5-10,13-16,20,22,27H,2,11-12,17H2,1,3-4H3,(H,29,30)/b10-9-,14-13?,21-5+,28-25?. The molecule has 5 heteroatoms. The maximum absolute atomic E-state index is 12.7. The fourth-order valence-corrected chi connectivity index (χ4v) is 3.93. The van der Waals surface area contributed by atoms with Crippen molar-refractivity contribution in [2.24, 2.45) is 10.9 Å². The maximum Gasteiger partial charge on any atom is 0.255 e. The van der Waals surface area contributed by atoms with Crippen molar-refractivity contribution in [3.8, 4) is 0 Å². The van der Waals surface area contributed by atoms with Crippen LogP contribution in [0.15, 0.2) is 88.6 Å². The van der Waals surface area contributed by atoms with Crippen LogP contribution in [0.2, 0.25) is 0 Å². The van der Waals surface area contributed by atoms with Gasteiger partial charge in [0.2, 0.25) is 0 Å². The van der Waals surface area contributed by atoms with Crippen LogP contribution in [0.4, 0.5) is 5.69 Å². The molecule has 0 radical (unpaired) electrons. The van der Waals surface area contributed by atoms with Crippen LogP contribution in [0, 0.1) is 5.92 Å². The Balaban J connectivity index is 1.56. The summed E-state index contributed by atoms with van der Waals surface area (Å²) < 4.78 is 0. The van der Waals surface area contributed by atoms with Gasteiger partial charge in [-0.3, -0.25) is 9.79 Å². The SMILES string of the molecule is C=C(/C=C\C(=C/C)C(=O)Nc1cccc(C(C)NC=CN=C2C=C(C)SC2)c1)C1CC1. The molecule has 1 aromatic carbocycles. The van der Waals surface area contributed by atoms with Crippen molar-refractivity contribution in [1.82, 2.24) is 5.32 Å². The number of allylic oxidation sites excluding steroid dienone is 5. The molecule has 4 nitrogen and oxygen atoms in total. The van der Waals surface area contributed by atoms with E-state index in [1.54, 1.807) is 6.20 Å². The van der Waals surface area contributed by atoms with Crippen LogP contribution in [-0.2, 0) is 4.79 Å². The highest BCUT2D eigenvalue weighted by molar-refractivity contribution is 8.04. The number of carbonyl (C=O) groups is 1. The molecule has 3 rings (SSSR count). The molecule has 1 aliphatic carbocycles. The highest BCUT2D eigenvalue weighted by atomic mass is 32.2. The zero-order valence-electron chi connectivity index (χ0n) is 18.5. The molecule has 1 fully saturated rings. The Kier molecular flexibility index (Phi) is 8.13. The first-order chi connectivity index (χ1) is 15.0. The van der Waals surface area contributed by atoms with Crippen molar-refractivity contribution in [3.05, 3.63) is 89.2 Å². The van der Waals surface area contributed by atoms with Gasteiger partial charge in [0, 0.05) is 35.5 Å². The lowest BCUT2D eigenvalue weighted by atomic mass is 10.1. The minimum Gasteiger partial charge on any atom is -0.383 e. The summed E-state index contributed by atoms with van der Waals surface area (Å²) in [7, 11) is 0. The molecule has 1 atom stereocenters. The smallest absolute Gasteiger partial charge is 0.255 e. The first-order valence-corrected chi connectivity index (χ1v) is 11.7. The van der Waals surface area contributed by atoms with Gasteiger partial charge in [0.25, 0.3) is 5.91 Å². The fourth-order valence-electron chi connectivity index (χ4n) is 3.18. The minimum atomic E-state index is -0.117. The van der Waals surface area contributed by atoms with Gasteiger partial charge in [-0.05, 0) is 74.3 Å². The van der Waals surface area contributed by atoms with E-state index in [0.717, 1.165) is 28.3 Å².